The van der Waals surface area contributed by atoms with E-state index in [1.807, 2.05) is 0 Å². The maximum absolute atomic E-state index is 10.7. The fourth-order valence-corrected chi connectivity index (χ4v) is 1.61. The molecule has 0 aliphatic carbocycles. The van der Waals surface area contributed by atoms with Crippen LogP contribution in [0.1, 0.15) is 5.56 Å². The smallest absolute Gasteiger partial charge is 0.269 e. The molecule has 1 heterocycles. The van der Waals surface area contributed by atoms with Crippen molar-refractivity contribution in [1.82, 2.24) is 9.97 Å². The number of ether oxygens (including phenoxy) is 1. The first-order chi connectivity index (χ1) is 9.58. The Bertz CT molecular complexity index is 632. The molecule has 0 aliphatic rings. The van der Waals surface area contributed by atoms with Crippen molar-refractivity contribution in [2.75, 3.05) is 18.2 Å². The number of hydrogen-bond donors (Lipinski definition) is 2. The lowest BCUT2D eigenvalue weighted by atomic mass is 10.2. The molecule has 2 rings (SSSR count). The molecule has 2 aromatic rings. The minimum atomic E-state index is -0.435. The Labute approximate surface area is 114 Å². The second-order valence-corrected chi connectivity index (χ2v) is 3.93. The highest BCUT2D eigenvalue weighted by Crippen LogP contribution is 2.17. The fourth-order valence-electron chi connectivity index (χ4n) is 1.61. The Kier molecular flexibility index (Phi) is 3.94. The molecule has 0 radical (unpaired) electrons. The van der Waals surface area contributed by atoms with E-state index in [2.05, 4.69) is 15.3 Å². The molecule has 0 unspecified atom stereocenters. The van der Waals surface area contributed by atoms with Gasteiger partial charge < -0.3 is 15.8 Å². The zero-order valence-corrected chi connectivity index (χ0v) is 10.7. The summed E-state index contributed by atoms with van der Waals surface area (Å²) in [4.78, 5) is 18.1. The Balaban J connectivity index is 2.10. The summed E-state index contributed by atoms with van der Waals surface area (Å²) in [5.74, 6) is 0.922. The van der Waals surface area contributed by atoms with Crippen LogP contribution in [0, 0.1) is 10.1 Å². The van der Waals surface area contributed by atoms with Gasteiger partial charge in [-0.05, 0) is 5.56 Å². The number of nitro groups is 1. The molecule has 0 spiro atoms. The Morgan fingerprint density at radius 2 is 2.20 bits per heavy atom. The van der Waals surface area contributed by atoms with E-state index in [0.29, 0.717) is 18.2 Å². The van der Waals surface area contributed by atoms with E-state index >= 15 is 0 Å². The van der Waals surface area contributed by atoms with Crippen LogP contribution in [-0.4, -0.2) is 22.0 Å². The Hall–Kier alpha value is -2.90. The van der Waals surface area contributed by atoms with Crippen molar-refractivity contribution in [3.05, 3.63) is 46.0 Å². The zero-order chi connectivity index (χ0) is 14.5. The van der Waals surface area contributed by atoms with Gasteiger partial charge in [-0.15, -0.1) is 0 Å². The van der Waals surface area contributed by atoms with Crippen LogP contribution in [0.25, 0.3) is 0 Å². The number of nitrogen functional groups attached to an aromatic ring is 1. The molecule has 0 amide bonds. The fraction of sp³-hybridized carbons (Fsp3) is 0.167. The normalized spacial score (nSPS) is 10.1. The third-order valence-electron chi connectivity index (χ3n) is 2.52. The van der Waals surface area contributed by atoms with Gasteiger partial charge in [-0.2, -0.15) is 9.97 Å². The number of non-ortho nitro benzene ring substituents is 1. The van der Waals surface area contributed by atoms with E-state index in [-0.39, 0.29) is 11.6 Å². The number of nitrogens with two attached hydrogens (primary N) is 1. The van der Waals surface area contributed by atoms with Crippen molar-refractivity contribution in [2.45, 2.75) is 6.54 Å². The number of nitrogens with one attached hydrogen (secondary N) is 1. The SMILES string of the molecule is COc1cc(NCc2cccc([N+](=O)[O-])c2)nc(N)n1. The van der Waals surface area contributed by atoms with Gasteiger partial charge in [-0.1, -0.05) is 12.1 Å². The molecule has 0 saturated heterocycles. The van der Waals surface area contributed by atoms with Crippen LogP contribution in [-0.2, 0) is 6.54 Å². The van der Waals surface area contributed by atoms with Crippen molar-refractivity contribution < 1.29 is 9.66 Å². The third-order valence-corrected chi connectivity index (χ3v) is 2.52. The van der Waals surface area contributed by atoms with Gasteiger partial charge in [0.1, 0.15) is 5.82 Å². The van der Waals surface area contributed by atoms with Gasteiger partial charge in [0.05, 0.1) is 12.0 Å². The van der Waals surface area contributed by atoms with Gasteiger partial charge in [0.15, 0.2) is 0 Å². The molecule has 0 fully saturated rings. The highest BCUT2D eigenvalue weighted by molar-refractivity contribution is 5.44. The number of methoxy groups -OCH3 is 1. The zero-order valence-electron chi connectivity index (χ0n) is 10.7. The topological polar surface area (TPSA) is 116 Å². The van der Waals surface area contributed by atoms with Crippen LogP contribution in [0.4, 0.5) is 17.5 Å². The summed E-state index contributed by atoms with van der Waals surface area (Å²) in [6.45, 7) is 0.376. The highest BCUT2D eigenvalue weighted by atomic mass is 16.6. The molecule has 1 aromatic carbocycles. The summed E-state index contributed by atoms with van der Waals surface area (Å²) in [7, 11) is 1.48. The number of anilines is 2. The van der Waals surface area contributed by atoms with Gasteiger partial charge in [0.2, 0.25) is 11.8 Å². The van der Waals surface area contributed by atoms with Gasteiger partial charge in [-0.3, -0.25) is 10.1 Å². The summed E-state index contributed by atoms with van der Waals surface area (Å²) in [5, 5.41) is 13.7. The Morgan fingerprint density at radius 3 is 2.90 bits per heavy atom. The number of aromatic nitrogens is 2. The van der Waals surface area contributed by atoms with Gasteiger partial charge in [0.25, 0.3) is 5.69 Å². The number of nitrogens with zero attached hydrogens (tertiary/aromatic N) is 3. The molecular formula is C12H13N5O3. The van der Waals surface area contributed by atoms with E-state index in [0.717, 1.165) is 5.56 Å². The summed E-state index contributed by atoms with van der Waals surface area (Å²) >= 11 is 0. The van der Waals surface area contributed by atoms with E-state index in [1.54, 1.807) is 18.2 Å². The Morgan fingerprint density at radius 1 is 1.40 bits per heavy atom. The molecule has 104 valence electrons. The second-order valence-electron chi connectivity index (χ2n) is 3.93. The lowest BCUT2D eigenvalue weighted by molar-refractivity contribution is -0.384. The quantitative estimate of drug-likeness (QED) is 0.628. The predicted molar refractivity (Wildman–Crippen MR) is 73.4 cm³/mol. The summed E-state index contributed by atoms with van der Waals surface area (Å²) < 4.78 is 4.98. The summed E-state index contributed by atoms with van der Waals surface area (Å²) in [5.41, 5.74) is 6.34. The summed E-state index contributed by atoms with van der Waals surface area (Å²) in [6.07, 6.45) is 0. The molecule has 0 bridgehead atoms. The van der Waals surface area contributed by atoms with Crippen LogP contribution in [0.3, 0.4) is 0 Å². The third kappa shape index (κ3) is 3.31. The van der Waals surface area contributed by atoms with E-state index in [1.165, 1.54) is 19.2 Å². The average Bonchev–Trinajstić information content (AvgIpc) is 2.44. The molecular weight excluding hydrogens is 262 g/mol. The van der Waals surface area contributed by atoms with Crippen LogP contribution in [0.15, 0.2) is 30.3 Å². The molecule has 8 nitrogen and oxygen atoms in total. The van der Waals surface area contributed by atoms with E-state index < -0.39 is 4.92 Å². The molecule has 0 aliphatic heterocycles. The first-order valence-electron chi connectivity index (χ1n) is 5.74. The van der Waals surface area contributed by atoms with Crippen LogP contribution in [0.2, 0.25) is 0 Å². The predicted octanol–water partition coefficient (Wildman–Crippen LogP) is 1.59. The van der Waals surface area contributed by atoms with Crippen molar-refractivity contribution >= 4 is 17.5 Å². The number of nitro benzene ring substituents is 1. The molecule has 0 saturated carbocycles. The first-order valence-corrected chi connectivity index (χ1v) is 5.74. The van der Waals surface area contributed by atoms with E-state index in [9.17, 15) is 10.1 Å². The van der Waals surface area contributed by atoms with Crippen LogP contribution < -0.4 is 15.8 Å². The number of benzene rings is 1. The standard InChI is InChI=1S/C12H13N5O3/c1-20-11-6-10(15-12(13)16-11)14-7-8-3-2-4-9(5-8)17(18)19/h2-6H,7H2,1H3,(H3,13,14,15,16). The minimum absolute atomic E-state index is 0.0454. The van der Waals surface area contributed by atoms with Crippen molar-refractivity contribution in [3.8, 4) is 5.88 Å². The molecule has 1 aromatic heterocycles. The number of rotatable bonds is 5. The highest BCUT2D eigenvalue weighted by Gasteiger charge is 2.06. The molecule has 8 heteroatoms. The molecule has 3 N–H and O–H groups in total. The lowest BCUT2D eigenvalue weighted by Gasteiger charge is -2.07. The van der Waals surface area contributed by atoms with Crippen molar-refractivity contribution in [2.24, 2.45) is 0 Å². The second kappa shape index (κ2) is 5.83. The largest absolute Gasteiger partial charge is 0.481 e. The maximum atomic E-state index is 10.7. The molecule has 20 heavy (non-hydrogen) atoms. The molecule has 0 atom stereocenters. The van der Waals surface area contributed by atoms with Crippen molar-refractivity contribution in [3.63, 3.8) is 0 Å². The number of hydrogen-bond acceptors (Lipinski definition) is 7. The van der Waals surface area contributed by atoms with Crippen LogP contribution in [0.5, 0.6) is 5.88 Å². The summed E-state index contributed by atoms with van der Waals surface area (Å²) in [6, 6.07) is 7.93. The maximum Gasteiger partial charge on any atom is 0.269 e. The first kappa shape index (κ1) is 13.5. The van der Waals surface area contributed by atoms with Gasteiger partial charge >= 0.3 is 0 Å². The lowest BCUT2D eigenvalue weighted by Crippen LogP contribution is -2.05. The van der Waals surface area contributed by atoms with Gasteiger partial charge in [-0.25, -0.2) is 0 Å². The monoisotopic (exact) mass is 275 g/mol. The van der Waals surface area contributed by atoms with Crippen LogP contribution >= 0.6 is 0 Å². The minimum Gasteiger partial charge on any atom is -0.481 e. The van der Waals surface area contributed by atoms with E-state index in [4.69, 9.17) is 10.5 Å². The van der Waals surface area contributed by atoms with Crippen molar-refractivity contribution in [1.29, 1.82) is 0 Å². The van der Waals surface area contributed by atoms with Gasteiger partial charge in [0, 0.05) is 24.7 Å². The average molecular weight is 275 g/mol.